The monoisotopic (exact) mass is 308 g/mol. The van der Waals surface area contributed by atoms with Crippen LogP contribution >= 0.6 is 0 Å². The summed E-state index contributed by atoms with van der Waals surface area (Å²) in [6, 6.07) is 5.89. The lowest BCUT2D eigenvalue weighted by atomic mass is 9.98. The molecule has 0 amide bonds. The van der Waals surface area contributed by atoms with Crippen molar-refractivity contribution in [3.8, 4) is 5.75 Å². The molecule has 5 heteroatoms. The maximum atomic E-state index is 10.9. The van der Waals surface area contributed by atoms with E-state index in [1.54, 1.807) is 0 Å². The summed E-state index contributed by atoms with van der Waals surface area (Å²) in [5, 5.41) is 8.95. The maximum absolute atomic E-state index is 10.9. The van der Waals surface area contributed by atoms with Gasteiger partial charge in [0.25, 0.3) is 0 Å². The third-order valence-electron chi connectivity index (χ3n) is 3.83. The van der Waals surface area contributed by atoms with Gasteiger partial charge in [-0.05, 0) is 55.9 Å². The van der Waals surface area contributed by atoms with Crippen molar-refractivity contribution in [3.63, 3.8) is 0 Å². The van der Waals surface area contributed by atoms with Crippen LogP contribution < -0.4 is 4.74 Å². The highest BCUT2D eigenvalue weighted by molar-refractivity contribution is 5.68. The van der Waals surface area contributed by atoms with Crippen LogP contribution in [0.15, 0.2) is 18.2 Å². The van der Waals surface area contributed by atoms with Crippen LogP contribution in [0.5, 0.6) is 5.75 Å². The van der Waals surface area contributed by atoms with E-state index in [4.69, 9.17) is 19.3 Å². The smallest absolute Gasteiger partial charge is 0.303 e. The molecule has 0 saturated carbocycles. The van der Waals surface area contributed by atoms with Crippen molar-refractivity contribution in [2.75, 3.05) is 19.8 Å². The van der Waals surface area contributed by atoms with Crippen LogP contribution in [0.1, 0.15) is 43.7 Å². The second kappa shape index (κ2) is 8.15. The van der Waals surface area contributed by atoms with Crippen molar-refractivity contribution in [1.29, 1.82) is 0 Å². The zero-order valence-corrected chi connectivity index (χ0v) is 13.2. The average molecular weight is 308 g/mol. The summed E-state index contributed by atoms with van der Waals surface area (Å²) in [6.07, 6.45) is 1.64. The quantitative estimate of drug-likeness (QED) is 0.711. The van der Waals surface area contributed by atoms with Crippen molar-refractivity contribution in [2.45, 2.75) is 45.3 Å². The molecule has 1 aromatic carbocycles. The van der Waals surface area contributed by atoms with Gasteiger partial charge in [-0.15, -0.1) is 0 Å². The van der Waals surface area contributed by atoms with Crippen LogP contribution in [0.25, 0.3) is 0 Å². The van der Waals surface area contributed by atoms with Crippen molar-refractivity contribution in [1.82, 2.24) is 0 Å². The van der Waals surface area contributed by atoms with Crippen molar-refractivity contribution >= 4 is 5.97 Å². The van der Waals surface area contributed by atoms with Crippen molar-refractivity contribution in [3.05, 3.63) is 29.3 Å². The number of benzene rings is 1. The molecule has 0 saturated heterocycles. The lowest BCUT2D eigenvalue weighted by Gasteiger charge is -2.18. The van der Waals surface area contributed by atoms with E-state index in [-0.39, 0.29) is 18.6 Å². The summed E-state index contributed by atoms with van der Waals surface area (Å²) >= 11 is 0. The van der Waals surface area contributed by atoms with Gasteiger partial charge in [0.15, 0.2) is 6.29 Å². The van der Waals surface area contributed by atoms with Gasteiger partial charge in [-0.3, -0.25) is 4.79 Å². The fourth-order valence-electron chi connectivity index (χ4n) is 2.88. The molecule has 122 valence electrons. The first-order valence-corrected chi connectivity index (χ1v) is 7.84. The number of ether oxygens (including phenoxy) is 3. The Morgan fingerprint density at radius 2 is 2.05 bits per heavy atom. The Hall–Kier alpha value is -1.59. The number of aliphatic carboxylic acids is 1. The molecule has 0 aliphatic heterocycles. The van der Waals surface area contributed by atoms with Gasteiger partial charge >= 0.3 is 5.97 Å². The van der Waals surface area contributed by atoms with Gasteiger partial charge in [-0.1, -0.05) is 6.07 Å². The van der Waals surface area contributed by atoms with E-state index in [1.165, 1.54) is 5.56 Å². The highest BCUT2D eigenvalue weighted by Gasteiger charge is 2.25. The molecule has 1 atom stereocenters. The molecule has 0 fully saturated rings. The van der Waals surface area contributed by atoms with E-state index < -0.39 is 5.97 Å². The Balaban J connectivity index is 1.95. The minimum absolute atomic E-state index is 0.126. The third-order valence-corrected chi connectivity index (χ3v) is 3.83. The highest BCUT2D eigenvalue weighted by Crippen LogP contribution is 2.37. The zero-order valence-electron chi connectivity index (χ0n) is 13.2. The molecular formula is C17H24O5. The van der Waals surface area contributed by atoms with Gasteiger partial charge in [0.2, 0.25) is 0 Å². The fourth-order valence-corrected chi connectivity index (χ4v) is 2.88. The van der Waals surface area contributed by atoms with Crippen LogP contribution in [-0.4, -0.2) is 37.2 Å². The molecule has 0 aromatic heterocycles. The topological polar surface area (TPSA) is 65.0 Å². The van der Waals surface area contributed by atoms with Crippen LogP contribution in [0.2, 0.25) is 0 Å². The number of hydrogen-bond acceptors (Lipinski definition) is 4. The van der Waals surface area contributed by atoms with Crippen molar-refractivity contribution < 1.29 is 24.1 Å². The Morgan fingerprint density at radius 1 is 1.32 bits per heavy atom. The third kappa shape index (κ3) is 4.45. The van der Waals surface area contributed by atoms with Crippen LogP contribution in [0.4, 0.5) is 0 Å². The van der Waals surface area contributed by atoms with E-state index in [9.17, 15) is 4.79 Å². The zero-order chi connectivity index (χ0) is 15.9. The molecular weight excluding hydrogens is 284 g/mol. The summed E-state index contributed by atoms with van der Waals surface area (Å²) in [6.45, 7) is 5.34. The SMILES string of the molecule is CCOC(COc1ccc2c(c1)CC[C@H]2CC(=O)O)OCC. The number of rotatable bonds is 9. The van der Waals surface area contributed by atoms with Gasteiger partial charge in [-0.2, -0.15) is 0 Å². The standard InChI is InChI=1S/C17H24O5/c1-3-20-17(21-4-2)11-22-14-7-8-15-12(9-14)5-6-13(15)10-16(18)19/h7-9,13,17H,3-6,10-11H2,1-2H3,(H,18,19)/t13-/m0/s1. The van der Waals surface area contributed by atoms with E-state index in [1.807, 2.05) is 32.0 Å². The fraction of sp³-hybridized carbons (Fsp3) is 0.588. The first-order valence-electron chi connectivity index (χ1n) is 7.84. The van der Waals surface area contributed by atoms with Gasteiger partial charge in [0, 0.05) is 13.2 Å². The van der Waals surface area contributed by atoms with Gasteiger partial charge in [0.1, 0.15) is 12.4 Å². The second-order valence-corrected chi connectivity index (χ2v) is 5.35. The lowest BCUT2D eigenvalue weighted by molar-refractivity contribution is -0.152. The molecule has 5 nitrogen and oxygen atoms in total. The summed E-state index contributed by atoms with van der Waals surface area (Å²) in [5.74, 6) is 0.162. The number of aryl methyl sites for hydroxylation is 1. The number of fused-ring (bicyclic) bond motifs is 1. The Bertz CT molecular complexity index is 494. The molecule has 22 heavy (non-hydrogen) atoms. The minimum atomic E-state index is -0.741. The average Bonchev–Trinajstić information content (AvgIpc) is 2.87. The maximum Gasteiger partial charge on any atom is 0.303 e. The Labute approximate surface area is 131 Å². The summed E-state index contributed by atoms with van der Waals surface area (Å²) in [5.41, 5.74) is 2.33. The van der Waals surface area contributed by atoms with Crippen molar-refractivity contribution in [2.24, 2.45) is 0 Å². The van der Waals surface area contributed by atoms with Gasteiger partial charge in [0.05, 0.1) is 6.42 Å². The molecule has 0 radical (unpaired) electrons. The molecule has 0 spiro atoms. The summed E-state index contributed by atoms with van der Waals surface area (Å²) in [7, 11) is 0. The molecule has 1 aromatic rings. The molecule has 0 bridgehead atoms. The predicted octanol–water partition coefficient (Wildman–Crippen LogP) is 2.97. The van der Waals surface area contributed by atoms with E-state index >= 15 is 0 Å². The first kappa shape index (κ1) is 16.8. The molecule has 2 rings (SSSR count). The first-order chi connectivity index (χ1) is 10.6. The normalized spacial score (nSPS) is 16.8. The Morgan fingerprint density at radius 3 is 2.68 bits per heavy atom. The number of carbonyl (C=O) groups is 1. The van der Waals surface area contributed by atoms with Gasteiger partial charge in [-0.25, -0.2) is 0 Å². The largest absolute Gasteiger partial charge is 0.488 e. The van der Waals surface area contributed by atoms with Crippen LogP contribution in [0.3, 0.4) is 0 Å². The second-order valence-electron chi connectivity index (χ2n) is 5.35. The Kier molecular flexibility index (Phi) is 6.21. The van der Waals surface area contributed by atoms with Crippen LogP contribution in [0, 0.1) is 0 Å². The number of carboxylic acid groups (broad SMARTS) is 1. The number of carboxylic acids is 1. The van der Waals surface area contributed by atoms with Crippen LogP contribution in [-0.2, 0) is 20.7 Å². The lowest BCUT2D eigenvalue weighted by Crippen LogP contribution is -2.25. The molecule has 0 unspecified atom stereocenters. The van der Waals surface area contributed by atoms with Gasteiger partial charge < -0.3 is 19.3 Å². The highest BCUT2D eigenvalue weighted by atomic mass is 16.7. The van der Waals surface area contributed by atoms with E-state index in [0.29, 0.717) is 19.8 Å². The molecule has 1 aliphatic carbocycles. The predicted molar refractivity (Wildman–Crippen MR) is 82.3 cm³/mol. The molecule has 1 aliphatic rings. The molecule has 0 heterocycles. The minimum Gasteiger partial charge on any atom is -0.488 e. The number of hydrogen-bond donors (Lipinski definition) is 1. The summed E-state index contributed by atoms with van der Waals surface area (Å²) < 4.78 is 16.6. The van der Waals surface area contributed by atoms with E-state index in [0.717, 1.165) is 24.2 Å². The van der Waals surface area contributed by atoms with E-state index in [2.05, 4.69) is 0 Å². The molecule has 1 N–H and O–H groups in total. The summed E-state index contributed by atoms with van der Waals surface area (Å²) in [4.78, 5) is 10.9.